The lowest BCUT2D eigenvalue weighted by atomic mass is 9.89. The molecule has 12 aromatic rings. The van der Waals surface area contributed by atoms with Gasteiger partial charge in [-0.2, -0.15) is 30.0 Å². The second-order valence-electron chi connectivity index (χ2n) is 27.6. The molecule has 0 aromatic carbocycles. The molecule has 32 heteroatoms. The molecule has 4 aliphatic heterocycles. The number of aromatic nitrogens is 16. The lowest BCUT2D eigenvalue weighted by Crippen LogP contribution is -2.67. The van der Waals surface area contributed by atoms with Crippen LogP contribution in [0.1, 0.15) is 45.2 Å². The number of sulfonamides is 1. The van der Waals surface area contributed by atoms with Crippen LogP contribution in [0.25, 0.3) is 103 Å². The van der Waals surface area contributed by atoms with E-state index in [2.05, 4.69) is 86.7 Å². The minimum absolute atomic E-state index is 0.0570. The van der Waals surface area contributed by atoms with Crippen LogP contribution in [0.4, 0.5) is 0 Å². The molecule has 2 amide bonds. The Hall–Kier alpha value is -11.7. The highest BCUT2D eigenvalue weighted by molar-refractivity contribution is 7.96. The van der Waals surface area contributed by atoms with Gasteiger partial charge in [-0.05, 0) is 103 Å². The normalized spacial score (nSPS) is 17.5. The zero-order valence-corrected chi connectivity index (χ0v) is 60.3. The Morgan fingerprint density at radius 1 is 0.562 bits per heavy atom. The molecule has 0 spiro atoms. The summed E-state index contributed by atoms with van der Waals surface area (Å²) in [7, 11) is -2.26. The number of hydrogen-bond acceptors (Lipinski definition) is 14. The lowest BCUT2D eigenvalue weighted by molar-refractivity contribution is -0.143. The summed E-state index contributed by atoms with van der Waals surface area (Å²) >= 11 is 0. The molecule has 5 fully saturated rings. The average molecular weight is 1450 g/mol. The highest BCUT2D eigenvalue weighted by Crippen LogP contribution is 2.42. The van der Waals surface area contributed by atoms with E-state index in [-0.39, 0.29) is 49.5 Å². The van der Waals surface area contributed by atoms with Crippen LogP contribution in [0.15, 0.2) is 141 Å². The number of fused-ring (bicyclic) bond motifs is 4. The summed E-state index contributed by atoms with van der Waals surface area (Å²) in [6, 6.07) is 18.0. The highest BCUT2D eigenvalue weighted by atomic mass is 32.2. The Bertz CT molecular complexity index is 5670. The molecule has 105 heavy (non-hydrogen) atoms. The quantitative estimate of drug-likeness (QED) is 0.0466. The van der Waals surface area contributed by atoms with Crippen molar-refractivity contribution >= 4 is 81.7 Å². The summed E-state index contributed by atoms with van der Waals surface area (Å²) in [5.74, 6) is 4.49. The Labute approximate surface area is 606 Å². The van der Waals surface area contributed by atoms with Crippen LogP contribution >= 0.6 is 0 Å². The smallest absolute Gasteiger partial charge is 0.243 e. The summed E-state index contributed by atoms with van der Waals surface area (Å²) in [5, 5.41) is 31.7. The van der Waals surface area contributed by atoms with Gasteiger partial charge in [0.2, 0.25) is 41.5 Å². The van der Waals surface area contributed by atoms with Crippen LogP contribution in [-0.2, 0) is 51.7 Å². The van der Waals surface area contributed by atoms with Crippen molar-refractivity contribution in [3.63, 3.8) is 0 Å². The zero-order valence-electron chi connectivity index (χ0n) is 58.6. The fraction of sp³-hybridized carbons (Fsp3) is 0.356. The van der Waals surface area contributed by atoms with E-state index in [9.17, 15) is 27.5 Å². The number of hydrogen-bond donors (Lipinski definition) is 4. The van der Waals surface area contributed by atoms with Crippen LogP contribution in [-0.4, -0.2) is 224 Å². The molecule has 4 N–H and O–H groups in total. The summed E-state index contributed by atoms with van der Waals surface area (Å²) in [6.07, 6.45) is 30.5. The molecule has 1 atom stereocenters. The van der Waals surface area contributed by atoms with Gasteiger partial charge in [0, 0.05) is 171 Å². The zero-order chi connectivity index (χ0) is 73.6. The first-order valence-electron chi connectivity index (χ1n) is 34.3. The van der Waals surface area contributed by atoms with Gasteiger partial charge in [-0.25, -0.2) is 60.9 Å². The predicted molar refractivity (Wildman–Crippen MR) is 398 cm³/mol. The third-order valence-corrected chi connectivity index (χ3v) is 24.6. The van der Waals surface area contributed by atoms with Gasteiger partial charge in [0.25, 0.3) is 0 Å². The number of pyridine rings is 4. The molecule has 12 aromatic heterocycles. The molecule has 1 saturated carbocycles. The van der Waals surface area contributed by atoms with Gasteiger partial charge in [0.1, 0.15) is 28.1 Å². The molecule has 30 nitrogen and oxygen atoms in total. The molecule has 17 rings (SSSR count). The number of carbonyl (C=O) groups is 2. The van der Waals surface area contributed by atoms with Crippen molar-refractivity contribution in [3.8, 4) is 50.6 Å². The van der Waals surface area contributed by atoms with Gasteiger partial charge in [0.05, 0.1) is 78.6 Å². The van der Waals surface area contributed by atoms with Gasteiger partial charge < -0.3 is 44.3 Å². The van der Waals surface area contributed by atoms with Crippen molar-refractivity contribution in [2.75, 3.05) is 91.8 Å². The molecule has 16 heterocycles. The number of likely N-dealkylation sites (tertiary alicyclic amines) is 2. The number of nitrogens with one attached hydrogen (secondary N) is 4. The molecule has 0 bridgehead atoms. The van der Waals surface area contributed by atoms with Crippen LogP contribution in [0.3, 0.4) is 0 Å². The van der Waals surface area contributed by atoms with E-state index in [1.165, 1.54) is 4.31 Å². The number of rotatable bonds is 18. The minimum atomic E-state index is -3.27. The molecular weight excluding hydrogens is 1370 g/mol. The largest absolute Gasteiger partial charge is 0.346 e. The van der Waals surface area contributed by atoms with E-state index >= 15 is 0 Å². The van der Waals surface area contributed by atoms with Gasteiger partial charge in [-0.15, -0.1) is 0 Å². The molecule has 536 valence electrons. The monoisotopic (exact) mass is 1450 g/mol. The van der Waals surface area contributed by atoms with E-state index in [1.54, 1.807) is 59.7 Å². The van der Waals surface area contributed by atoms with Gasteiger partial charge in [0.15, 0.2) is 16.6 Å². The molecule has 1 unspecified atom stereocenters. The SMILES string of the molecule is CCS(=O)(=O)N1CC(CC#N)(n2cc(-c3ccnc4[nH]ccc34)c(C)n2)C1.[C-]#[N+]CC1(n2cc(-c3ccnc4[nH]ccc34)cn2)CN(C(=O)C2CC2)C1.[C-]#[N+]CC1(n2cc(-c3ccnc4[nH]ccc34)cn2)CN(C(=O)CC)C1.[C-]#[N+]CC1(n2cc(-c3ccnc4[nH]ccc34)cn2)CN(S(=C)(=O)N(C)C)C1. The predicted octanol–water partition coefficient (Wildman–Crippen LogP) is 8.06. The maximum absolute atomic E-state index is 12.8. The first kappa shape index (κ1) is 70.4. The maximum Gasteiger partial charge on any atom is 0.243 e. The number of aromatic amines is 4. The second kappa shape index (κ2) is 27.8. The van der Waals surface area contributed by atoms with E-state index in [4.69, 9.17) is 19.7 Å². The second-order valence-corrected chi connectivity index (χ2v) is 32.3. The molecule has 0 radical (unpaired) electrons. The number of H-pyrrole nitrogens is 4. The van der Waals surface area contributed by atoms with Gasteiger partial charge in [-0.3, -0.25) is 28.3 Å². The van der Waals surface area contributed by atoms with Crippen molar-refractivity contribution in [1.82, 2.24) is 102 Å². The fourth-order valence-corrected chi connectivity index (χ4v) is 16.9. The van der Waals surface area contributed by atoms with E-state index in [0.29, 0.717) is 58.8 Å². The van der Waals surface area contributed by atoms with Gasteiger partial charge in [-0.1, -0.05) is 6.92 Å². The van der Waals surface area contributed by atoms with Crippen molar-refractivity contribution in [2.45, 2.75) is 68.6 Å². The molecule has 5 aliphatic rings. The standard InChI is InChI=1S/C19H18N6O.C18H21N7OS.C18H20N6O2S.C18H18N6O/c1-20-10-19(11-24(12-19)18(26)13-2-3-13)25-9-14(8-23-25)15-4-6-21-17-16(15)5-7-22-17;1-19-11-18(12-24(13-18)27(4,26)23(2)3)25-10-14(9-22-25)15-5-7-20-17-16(15)6-8-21-17;1-3-27(25,26)23-11-18(12-23,6-7-19)24-10-16(13(2)22-24)14-4-8-20-17-15(14)5-9-21-17;1-3-16(25)23-11-18(12-23,10-19-2)24-9-13(8-22-24)14-4-6-20-17-15(14)5-7-21-17/h4-9,13H,2-3,10-12H2,(H,21,22);5-10H,4,11-13H2,2-3H3,(H,20,21);4-5,8-10H,3,6,11-12H2,1-2H3,(H,20,21);4-9H,3,10-12H2,1H3,(H,20,21). The Morgan fingerprint density at radius 3 is 1.33 bits per heavy atom. The maximum atomic E-state index is 12.8. The van der Waals surface area contributed by atoms with Crippen molar-refractivity contribution in [3.05, 3.63) is 181 Å². The number of nitriles is 1. The van der Waals surface area contributed by atoms with Crippen LogP contribution in [0.2, 0.25) is 0 Å². The van der Waals surface area contributed by atoms with Crippen LogP contribution < -0.4 is 0 Å². The number of carbonyl (C=O) groups excluding carboxylic acids is 2. The van der Waals surface area contributed by atoms with E-state index in [0.717, 1.165) is 107 Å². The lowest BCUT2D eigenvalue weighted by Gasteiger charge is -2.48. The minimum Gasteiger partial charge on any atom is -0.346 e. The Morgan fingerprint density at radius 2 is 0.952 bits per heavy atom. The number of amides is 2. The fourth-order valence-electron chi connectivity index (χ4n) is 14.3. The molecule has 4 saturated heterocycles. The molecule has 1 aliphatic carbocycles. The number of nitrogens with zero attached hydrogens (tertiary/aromatic N) is 21. The first-order valence-corrected chi connectivity index (χ1v) is 37.5. The first-order chi connectivity index (χ1) is 50.6. The molecular formula is C73H77N25O5S2. The van der Waals surface area contributed by atoms with Crippen molar-refractivity contribution in [2.24, 2.45) is 5.92 Å². The van der Waals surface area contributed by atoms with Crippen LogP contribution in [0.5, 0.6) is 0 Å². The summed E-state index contributed by atoms with van der Waals surface area (Å²) in [5.41, 5.74) is 10.3. The third kappa shape index (κ3) is 12.9. The van der Waals surface area contributed by atoms with E-state index in [1.807, 2.05) is 154 Å². The topological polar surface area (TPSA) is 324 Å². The highest BCUT2D eigenvalue weighted by Gasteiger charge is 2.55. The third-order valence-electron chi connectivity index (χ3n) is 20.6. The average Bonchev–Trinajstić information content (AvgIpc) is 1.74. The Kier molecular flexibility index (Phi) is 18.7. The van der Waals surface area contributed by atoms with Crippen LogP contribution in [0, 0.1) is 43.9 Å². The summed E-state index contributed by atoms with van der Waals surface area (Å²) < 4.78 is 49.2. The van der Waals surface area contributed by atoms with Crippen molar-refractivity contribution < 1.29 is 22.2 Å². The summed E-state index contributed by atoms with van der Waals surface area (Å²) in [4.78, 5) is 68.3. The summed E-state index contributed by atoms with van der Waals surface area (Å²) in [6.45, 7) is 32.1. The van der Waals surface area contributed by atoms with Crippen molar-refractivity contribution in [1.29, 1.82) is 5.26 Å². The van der Waals surface area contributed by atoms with E-state index < -0.39 is 42.1 Å². The van der Waals surface area contributed by atoms with Gasteiger partial charge >= 0.3 is 0 Å². The number of aryl methyl sites for hydroxylation is 1. The Balaban J connectivity index is 0.000000118.